The lowest BCUT2D eigenvalue weighted by molar-refractivity contribution is -0.137. The van der Waals surface area contributed by atoms with Gasteiger partial charge in [-0.3, -0.25) is 4.79 Å². The molecule has 16 heavy (non-hydrogen) atoms. The molecule has 0 spiro atoms. The number of fused-ring (bicyclic) bond motifs is 1. The van der Waals surface area contributed by atoms with Crippen molar-refractivity contribution in [2.24, 2.45) is 0 Å². The van der Waals surface area contributed by atoms with Crippen LogP contribution in [0.2, 0.25) is 0 Å². The molecule has 0 saturated carbocycles. The second-order valence-corrected chi connectivity index (χ2v) is 3.76. The molecule has 86 valence electrons. The number of rotatable bonds is 2. The lowest BCUT2D eigenvalue weighted by Crippen LogP contribution is -2.42. The van der Waals surface area contributed by atoms with E-state index in [2.05, 4.69) is 0 Å². The average molecular weight is 225 g/mol. The third kappa shape index (κ3) is 1.80. The molecule has 0 aromatic heterocycles. The fourth-order valence-corrected chi connectivity index (χ4v) is 1.80. The van der Waals surface area contributed by atoms with Gasteiger partial charge in [0.05, 0.1) is 18.2 Å². The fraction of sp³-hybridized carbons (Fsp3) is 0.364. The van der Waals surface area contributed by atoms with Gasteiger partial charge in [-0.05, 0) is 12.1 Å². The minimum atomic E-state index is -0.889. The number of carboxylic acid groups (broad SMARTS) is 1. The maximum absolute atomic E-state index is 13.4. The smallest absolute Gasteiger partial charge is 0.305 e. The Morgan fingerprint density at radius 2 is 2.44 bits per heavy atom. The number of ether oxygens (including phenoxy) is 1. The van der Waals surface area contributed by atoms with E-state index in [-0.39, 0.29) is 24.8 Å². The van der Waals surface area contributed by atoms with Gasteiger partial charge < -0.3 is 14.7 Å². The molecular weight excluding hydrogens is 213 g/mol. The van der Waals surface area contributed by atoms with E-state index in [9.17, 15) is 9.18 Å². The minimum absolute atomic E-state index is 0.0214. The van der Waals surface area contributed by atoms with Crippen LogP contribution in [0.5, 0.6) is 5.75 Å². The lowest BCUT2D eigenvalue weighted by Gasteiger charge is -2.35. The summed E-state index contributed by atoms with van der Waals surface area (Å²) in [5.41, 5.74) is 0.595. The molecule has 0 aliphatic carbocycles. The van der Waals surface area contributed by atoms with Gasteiger partial charge in [0.2, 0.25) is 0 Å². The van der Waals surface area contributed by atoms with Gasteiger partial charge in [0.25, 0.3) is 0 Å². The highest BCUT2D eigenvalue weighted by Crippen LogP contribution is 2.35. The molecule has 0 fully saturated rings. The van der Waals surface area contributed by atoms with E-state index >= 15 is 0 Å². The van der Waals surface area contributed by atoms with Gasteiger partial charge in [-0.2, -0.15) is 0 Å². The van der Waals surface area contributed by atoms with Crippen molar-refractivity contribution in [2.45, 2.75) is 12.5 Å². The molecule has 0 saturated heterocycles. The predicted molar refractivity (Wildman–Crippen MR) is 56.3 cm³/mol. The Bertz CT molecular complexity index is 422. The van der Waals surface area contributed by atoms with E-state index < -0.39 is 11.8 Å². The molecule has 0 amide bonds. The number of para-hydroxylation sites is 1. The van der Waals surface area contributed by atoms with Crippen molar-refractivity contribution < 1.29 is 19.0 Å². The summed E-state index contributed by atoms with van der Waals surface area (Å²) in [7, 11) is 1.74. The molecule has 1 aliphatic rings. The van der Waals surface area contributed by atoms with E-state index in [0.717, 1.165) is 0 Å². The van der Waals surface area contributed by atoms with Crippen molar-refractivity contribution >= 4 is 11.7 Å². The van der Waals surface area contributed by atoms with Crippen LogP contribution in [-0.4, -0.2) is 30.8 Å². The molecule has 0 radical (unpaired) electrons. The standard InChI is InChI=1S/C11H12FNO3/c1-13-7(5-10(14)15)6-16-11-8(12)3-2-4-9(11)13/h2-4,7H,5-6H2,1H3,(H,14,15). The number of hydrogen-bond donors (Lipinski definition) is 1. The third-order valence-corrected chi connectivity index (χ3v) is 2.70. The molecule has 1 aromatic rings. The normalized spacial score (nSPS) is 18.9. The van der Waals surface area contributed by atoms with E-state index in [0.29, 0.717) is 5.69 Å². The average Bonchev–Trinajstić information content (AvgIpc) is 2.23. The Balaban J connectivity index is 2.28. The molecule has 2 rings (SSSR count). The van der Waals surface area contributed by atoms with Gasteiger partial charge in [-0.15, -0.1) is 0 Å². The topological polar surface area (TPSA) is 49.8 Å². The number of likely N-dealkylation sites (N-methyl/N-ethyl adjacent to an activating group) is 1. The quantitative estimate of drug-likeness (QED) is 0.828. The first-order valence-electron chi connectivity index (χ1n) is 4.95. The summed E-state index contributed by atoms with van der Waals surface area (Å²) in [5, 5.41) is 8.73. The van der Waals surface area contributed by atoms with Crippen molar-refractivity contribution in [3.8, 4) is 5.75 Å². The molecule has 1 unspecified atom stereocenters. The van der Waals surface area contributed by atoms with Gasteiger partial charge in [0.15, 0.2) is 11.6 Å². The Labute approximate surface area is 92.2 Å². The number of halogens is 1. The first-order chi connectivity index (χ1) is 7.59. The summed E-state index contributed by atoms with van der Waals surface area (Å²) in [6, 6.07) is 4.36. The van der Waals surface area contributed by atoms with E-state index in [4.69, 9.17) is 9.84 Å². The van der Waals surface area contributed by atoms with Crippen molar-refractivity contribution in [1.29, 1.82) is 0 Å². The van der Waals surface area contributed by atoms with Crippen molar-refractivity contribution in [2.75, 3.05) is 18.6 Å². The summed E-state index contributed by atoms with van der Waals surface area (Å²) in [5.74, 6) is -1.11. The van der Waals surface area contributed by atoms with Gasteiger partial charge in [0.1, 0.15) is 6.61 Å². The second kappa shape index (κ2) is 4.00. The van der Waals surface area contributed by atoms with Gasteiger partial charge in [-0.25, -0.2) is 4.39 Å². The Hall–Kier alpha value is -1.78. The molecule has 1 atom stereocenters. The highest BCUT2D eigenvalue weighted by atomic mass is 19.1. The highest BCUT2D eigenvalue weighted by molar-refractivity contribution is 5.70. The van der Waals surface area contributed by atoms with Gasteiger partial charge in [-0.1, -0.05) is 6.07 Å². The fourth-order valence-electron chi connectivity index (χ4n) is 1.80. The zero-order valence-corrected chi connectivity index (χ0v) is 8.81. The number of aliphatic carboxylic acids is 1. The zero-order valence-electron chi connectivity index (χ0n) is 8.81. The van der Waals surface area contributed by atoms with Crippen LogP contribution in [0.25, 0.3) is 0 Å². The number of carbonyl (C=O) groups is 1. The molecule has 4 nitrogen and oxygen atoms in total. The van der Waals surface area contributed by atoms with Crippen LogP contribution in [0.4, 0.5) is 10.1 Å². The Morgan fingerprint density at radius 3 is 3.12 bits per heavy atom. The van der Waals surface area contributed by atoms with E-state index in [1.54, 1.807) is 24.1 Å². The number of nitrogens with zero attached hydrogens (tertiary/aromatic N) is 1. The summed E-state index contributed by atoms with van der Waals surface area (Å²) < 4.78 is 18.6. The summed E-state index contributed by atoms with van der Waals surface area (Å²) in [6.45, 7) is 0.191. The summed E-state index contributed by atoms with van der Waals surface area (Å²) in [6.07, 6.45) is -0.0214. The second-order valence-electron chi connectivity index (χ2n) is 3.76. The van der Waals surface area contributed by atoms with Crippen molar-refractivity contribution in [3.05, 3.63) is 24.0 Å². The molecule has 1 aliphatic heterocycles. The van der Waals surface area contributed by atoms with Gasteiger partial charge >= 0.3 is 5.97 Å². The molecule has 5 heteroatoms. The number of anilines is 1. The summed E-state index contributed by atoms with van der Waals surface area (Å²) >= 11 is 0. The maximum Gasteiger partial charge on any atom is 0.305 e. The first-order valence-corrected chi connectivity index (χ1v) is 4.95. The molecular formula is C11H12FNO3. The SMILES string of the molecule is CN1c2cccc(F)c2OCC1CC(=O)O. The monoisotopic (exact) mass is 225 g/mol. The van der Waals surface area contributed by atoms with Crippen LogP contribution >= 0.6 is 0 Å². The molecule has 0 bridgehead atoms. The molecule has 1 heterocycles. The number of hydrogen-bond acceptors (Lipinski definition) is 3. The Morgan fingerprint density at radius 1 is 1.69 bits per heavy atom. The predicted octanol–water partition coefficient (Wildman–Crippen LogP) is 1.50. The van der Waals surface area contributed by atoms with Crippen molar-refractivity contribution in [1.82, 2.24) is 0 Å². The zero-order chi connectivity index (χ0) is 11.7. The largest absolute Gasteiger partial charge is 0.486 e. The van der Waals surface area contributed by atoms with Gasteiger partial charge in [0, 0.05) is 7.05 Å². The van der Waals surface area contributed by atoms with Crippen LogP contribution in [0.15, 0.2) is 18.2 Å². The third-order valence-electron chi connectivity index (χ3n) is 2.70. The first kappa shape index (κ1) is 10.7. The minimum Gasteiger partial charge on any atom is -0.486 e. The summed E-state index contributed by atoms with van der Waals surface area (Å²) in [4.78, 5) is 12.4. The number of carboxylic acids is 1. The van der Waals surface area contributed by atoms with Crippen LogP contribution in [0.1, 0.15) is 6.42 Å². The van der Waals surface area contributed by atoms with Crippen LogP contribution < -0.4 is 9.64 Å². The van der Waals surface area contributed by atoms with Crippen LogP contribution in [0.3, 0.4) is 0 Å². The van der Waals surface area contributed by atoms with Crippen molar-refractivity contribution in [3.63, 3.8) is 0 Å². The highest BCUT2D eigenvalue weighted by Gasteiger charge is 2.28. The molecule has 1 aromatic carbocycles. The lowest BCUT2D eigenvalue weighted by atomic mass is 10.1. The Kier molecular flexibility index (Phi) is 2.68. The maximum atomic E-state index is 13.4. The van der Waals surface area contributed by atoms with Crippen LogP contribution in [-0.2, 0) is 4.79 Å². The van der Waals surface area contributed by atoms with E-state index in [1.807, 2.05) is 0 Å². The molecule has 1 N–H and O–H groups in total. The van der Waals surface area contributed by atoms with E-state index in [1.165, 1.54) is 6.07 Å². The van der Waals surface area contributed by atoms with Crippen LogP contribution in [0, 0.1) is 5.82 Å². The number of benzene rings is 1.